The van der Waals surface area contributed by atoms with Gasteiger partial charge in [-0.05, 0) is 145 Å². The maximum atomic E-state index is 12.7. The second-order valence-corrected chi connectivity index (χ2v) is 20.6. The van der Waals surface area contributed by atoms with Gasteiger partial charge in [0.15, 0.2) is 11.6 Å². The number of Topliss-reactive ketones (excluding diaryl/α,β-unsaturated/α-hetero) is 2. The molecule has 4 aromatic carbocycles. The van der Waals surface area contributed by atoms with Gasteiger partial charge < -0.3 is 52.9 Å². The van der Waals surface area contributed by atoms with E-state index in [-0.39, 0.29) is 42.3 Å². The summed E-state index contributed by atoms with van der Waals surface area (Å²) in [7, 11) is 6.04. The number of benzene rings is 4. The Morgan fingerprint density at radius 3 is 1.85 bits per heavy atom. The third-order valence-electron chi connectivity index (χ3n) is 14.7. The van der Waals surface area contributed by atoms with E-state index < -0.39 is 11.2 Å². The normalized spacial score (nSPS) is 17.8. The van der Waals surface area contributed by atoms with Crippen LogP contribution in [-0.2, 0) is 33.5 Å². The summed E-state index contributed by atoms with van der Waals surface area (Å²) in [6.07, 6.45) is 10.1. The highest BCUT2D eigenvalue weighted by molar-refractivity contribution is 6.02. The molecule has 1 aromatic heterocycles. The van der Waals surface area contributed by atoms with Crippen LogP contribution in [0.1, 0.15) is 130 Å². The summed E-state index contributed by atoms with van der Waals surface area (Å²) in [5, 5.41) is 4.53. The molecule has 1 N–H and O–H groups in total. The van der Waals surface area contributed by atoms with Gasteiger partial charge in [0.1, 0.15) is 40.5 Å². The summed E-state index contributed by atoms with van der Waals surface area (Å²) in [6.45, 7) is 13.7. The number of fused-ring (bicyclic) bond motifs is 4. The number of nitrogens with zero attached hydrogens (tertiary/aromatic N) is 3. The first-order valence-corrected chi connectivity index (χ1v) is 25.4. The van der Waals surface area contributed by atoms with Gasteiger partial charge in [-0.2, -0.15) is 0 Å². The number of anilines is 1. The van der Waals surface area contributed by atoms with Crippen LogP contribution >= 0.6 is 12.4 Å². The van der Waals surface area contributed by atoms with Crippen molar-refractivity contribution in [1.29, 1.82) is 0 Å². The maximum Gasteiger partial charge on any atom is 0.337 e. The van der Waals surface area contributed by atoms with E-state index in [1.807, 2.05) is 70.2 Å². The van der Waals surface area contributed by atoms with Crippen molar-refractivity contribution in [3.05, 3.63) is 112 Å². The number of ketones is 2. The average Bonchev–Trinajstić information content (AvgIpc) is 4.02. The molecule has 10 rings (SSSR count). The lowest BCUT2D eigenvalue weighted by atomic mass is 9.90. The van der Waals surface area contributed by atoms with Crippen LogP contribution in [0.4, 0.5) is 5.69 Å². The lowest BCUT2D eigenvalue weighted by Gasteiger charge is -2.35. The van der Waals surface area contributed by atoms with Crippen LogP contribution < -0.4 is 29.2 Å². The third-order valence-corrected chi connectivity index (χ3v) is 14.7. The number of piperidine rings is 2. The highest BCUT2D eigenvalue weighted by atomic mass is 35.5. The molecule has 16 heteroatoms. The van der Waals surface area contributed by atoms with Crippen molar-refractivity contribution < 1.29 is 52.4 Å². The lowest BCUT2D eigenvalue weighted by molar-refractivity contribution is -0.107. The topological polar surface area (TPSA) is 164 Å². The number of likely N-dealkylation sites (tertiary alicyclic amines) is 1. The van der Waals surface area contributed by atoms with Gasteiger partial charge in [0.2, 0.25) is 0 Å². The largest absolute Gasteiger partial charge is 0.496 e. The molecule has 0 atom stereocenters. The van der Waals surface area contributed by atoms with E-state index in [4.69, 9.17) is 28.4 Å². The Bertz CT molecular complexity index is 2860. The second-order valence-electron chi connectivity index (χ2n) is 20.6. The molecule has 15 nitrogen and oxygen atoms in total. The van der Waals surface area contributed by atoms with Gasteiger partial charge in [0.25, 0.3) is 0 Å². The number of halogens is 1. The number of hydrogen-bond acceptors (Lipinski definition) is 14. The van der Waals surface area contributed by atoms with Gasteiger partial charge >= 0.3 is 11.9 Å². The van der Waals surface area contributed by atoms with E-state index in [9.17, 15) is 24.0 Å². The fourth-order valence-corrected chi connectivity index (χ4v) is 10.9. The van der Waals surface area contributed by atoms with Crippen molar-refractivity contribution >= 4 is 58.8 Å². The molecule has 5 aliphatic rings. The minimum Gasteiger partial charge on any atom is -0.496 e. The fourth-order valence-electron chi connectivity index (χ4n) is 10.9. The predicted molar refractivity (Wildman–Crippen MR) is 287 cm³/mol. The van der Waals surface area contributed by atoms with Gasteiger partial charge in [-0.25, -0.2) is 9.59 Å². The van der Waals surface area contributed by atoms with Crippen molar-refractivity contribution in [2.45, 2.75) is 109 Å². The zero-order valence-corrected chi connectivity index (χ0v) is 44.8. The van der Waals surface area contributed by atoms with Crippen molar-refractivity contribution in [1.82, 2.24) is 14.8 Å². The number of ether oxygens (including phenoxy) is 6. The number of esters is 2. The standard InChI is InChI=1S/C29H34N2O5.C15H20N2O2.C14H16O4.ClH/c1-29(2)18-25(32)22-7-8-26(34-3)23(27(22)36-29)12-15-30-13-10-21(11-14-30)31-16-9-19-5-6-20(17-24(19)31)28(33)35-4;1-19-15(18)12-3-2-11-6-9-17(14(11)10-12)13-4-7-16-8-5-13;1-14(2)8-11(16)9-4-5-12(17-3)10(6-7-15)13(9)18-14;/h5-9,16-17,21H,10-15,18H2,1-4H3;2-3,10,13,16H,4-9H2,1H3;4-5,7H,6,8H2,1-3H3;1H. The van der Waals surface area contributed by atoms with Crippen molar-refractivity contribution in [2.24, 2.45) is 0 Å². The van der Waals surface area contributed by atoms with Crippen LogP contribution in [0.25, 0.3) is 10.9 Å². The number of rotatable bonds is 11. The van der Waals surface area contributed by atoms with Gasteiger partial charge in [0, 0.05) is 73.2 Å². The molecule has 0 amide bonds. The molecule has 0 aliphatic carbocycles. The quantitative estimate of drug-likeness (QED) is 0.0983. The molecule has 5 aliphatic heterocycles. The Balaban J connectivity index is 0.000000177. The summed E-state index contributed by atoms with van der Waals surface area (Å²) in [4.78, 5) is 64.1. The molecule has 5 aromatic rings. The van der Waals surface area contributed by atoms with E-state index in [0.29, 0.717) is 70.0 Å². The molecule has 2 fully saturated rings. The molecule has 2 saturated heterocycles. The van der Waals surface area contributed by atoms with Crippen molar-refractivity contribution in [3.8, 4) is 23.0 Å². The summed E-state index contributed by atoms with van der Waals surface area (Å²) in [5.41, 5.74) is 6.64. The zero-order valence-electron chi connectivity index (χ0n) is 44.0. The summed E-state index contributed by atoms with van der Waals surface area (Å²) in [5.74, 6) is 2.12. The minimum atomic E-state index is -0.548. The number of aldehydes is 1. The number of hydrogen-bond donors (Lipinski definition) is 1. The first-order chi connectivity index (χ1) is 35.1. The molecule has 0 radical (unpaired) electrons. The molecule has 0 unspecified atom stereocenters. The maximum absolute atomic E-state index is 12.7. The van der Waals surface area contributed by atoms with Crippen LogP contribution in [0.3, 0.4) is 0 Å². The van der Waals surface area contributed by atoms with Crippen LogP contribution in [0.15, 0.2) is 72.9 Å². The number of aromatic nitrogens is 1. The fraction of sp³-hybridized carbons (Fsp3) is 0.466. The SMILES string of the molecule is COC(=O)c1ccc2c(c1)N(C1CCNCC1)CC2.COC(=O)c1ccc2ccn(C3CCN(CCc4c(OC)ccc5c4OC(C)(C)CC5=O)CC3)c2c1.COc1ccc2c(c1CC=O)OC(C)(C)CC2=O.Cl. The highest BCUT2D eigenvalue weighted by Crippen LogP contribution is 2.42. The number of carbonyl (C=O) groups excluding carboxylic acids is 5. The Morgan fingerprint density at radius 1 is 0.703 bits per heavy atom. The molecular weight excluding hydrogens is 964 g/mol. The molecule has 0 saturated carbocycles. The van der Waals surface area contributed by atoms with E-state index in [1.165, 1.54) is 45.4 Å². The Labute approximate surface area is 440 Å². The van der Waals surface area contributed by atoms with Crippen molar-refractivity contribution in [3.63, 3.8) is 0 Å². The number of carbonyl (C=O) groups is 5. The summed E-state index contributed by atoms with van der Waals surface area (Å²) < 4.78 is 35.0. The third kappa shape index (κ3) is 12.2. The van der Waals surface area contributed by atoms with Crippen molar-refractivity contribution in [2.75, 3.05) is 72.6 Å². The molecule has 6 heterocycles. The number of methoxy groups -OCH3 is 4. The summed E-state index contributed by atoms with van der Waals surface area (Å²) >= 11 is 0. The van der Waals surface area contributed by atoms with Gasteiger partial charge in [-0.15, -0.1) is 12.4 Å². The first-order valence-electron chi connectivity index (χ1n) is 25.4. The Hall–Kier alpha value is -6.42. The van der Waals surface area contributed by atoms with Gasteiger partial charge in [0.05, 0.1) is 63.5 Å². The average molecular weight is 1040 g/mol. The highest BCUT2D eigenvalue weighted by Gasteiger charge is 2.37. The monoisotopic (exact) mass is 1030 g/mol. The first kappa shape index (κ1) is 55.3. The lowest BCUT2D eigenvalue weighted by Crippen LogP contribution is -2.42. The Morgan fingerprint density at radius 2 is 1.27 bits per heavy atom. The van der Waals surface area contributed by atoms with E-state index in [2.05, 4.69) is 38.0 Å². The predicted octanol–water partition coefficient (Wildman–Crippen LogP) is 9.25. The summed E-state index contributed by atoms with van der Waals surface area (Å²) in [6, 6.07) is 21.9. The molecular formula is C58H71ClN4O11. The number of nitrogens with one attached hydrogen (secondary N) is 1. The smallest absolute Gasteiger partial charge is 0.337 e. The van der Waals surface area contributed by atoms with Crippen LogP contribution in [0.5, 0.6) is 23.0 Å². The second kappa shape index (κ2) is 23.8. The van der Waals surface area contributed by atoms with E-state index in [0.717, 1.165) is 93.5 Å². The Kier molecular flexibility index (Phi) is 17.8. The minimum absolute atomic E-state index is 0. The molecule has 74 heavy (non-hydrogen) atoms. The molecule has 0 bridgehead atoms. The van der Waals surface area contributed by atoms with E-state index in [1.54, 1.807) is 19.2 Å². The van der Waals surface area contributed by atoms with Crippen LogP contribution in [-0.4, -0.2) is 124 Å². The van der Waals surface area contributed by atoms with Crippen LogP contribution in [0.2, 0.25) is 0 Å². The van der Waals surface area contributed by atoms with Gasteiger partial charge in [-0.1, -0.05) is 12.1 Å². The molecule has 396 valence electrons. The van der Waals surface area contributed by atoms with Crippen LogP contribution in [0, 0.1) is 0 Å². The molecule has 0 spiro atoms. The van der Waals surface area contributed by atoms with Gasteiger partial charge in [-0.3, -0.25) is 9.59 Å². The zero-order chi connectivity index (χ0) is 52.0. The van der Waals surface area contributed by atoms with E-state index >= 15 is 0 Å².